The summed E-state index contributed by atoms with van der Waals surface area (Å²) in [7, 11) is 1.60. The average molecular weight is 344 g/mol. The van der Waals surface area contributed by atoms with Crippen molar-refractivity contribution in [2.24, 2.45) is 0 Å². The van der Waals surface area contributed by atoms with Crippen molar-refractivity contribution >= 4 is 28.4 Å². The fourth-order valence-corrected chi connectivity index (χ4v) is 2.65. The van der Waals surface area contributed by atoms with Crippen LogP contribution in [0.4, 0.5) is 5.69 Å². The third kappa shape index (κ3) is 3.50. The lowest BCUT2D eigenvalue weighted by atomic mass is 10.0. The van der Waals surface area contributed by atoms with E-state index in [0.717, 1.165) is 22.1 Å². The number of nitrogens with zero attached hydrogens (tertiary/aromatic N) is 1. The number of phenolic OH excluding ortho intramolecular Hbond substituents is 1. The monoisotopic (exact) mass is 344 g/mol. The van der Waals surface area contributed by atoms with Gasteiger partial charge in [0.25, 0.3) is 5.91 Å². The van der Waals surface area contributed by atoms with Crippen molar-refractivity contribution in [1.82, 2.24) is 0 Å². The van der Waals surface area contributed by atoms with Gasteiger partial charge in [-0.3, -0.25) is 4.79 Å². The van der Waals surface area contributed by atoms with E-state index >= 15 is 0 Å². The molecule has 2 N–H and O–H groups in total. The molecule has 128 valence electrons. The molecule has 3 aromatic carbocycles. The van der Waals surface area contributed by atoms with Crippen molar-refractivity contribution in [2.75, 3.05) is 12.4 Å². The van der Waals surface area contributed by atoms with Crippen LogP contribution < -0.4 is 10.1 Å². The van der Waals surface area contributed by atoms with E-state index in [-0.39, 0.29) is 11.3 Å². The van der Waals surface area contributed by atoms with Crippen LogP contribution in [0.15, 0.2) is 66.2 Å². The first-order chi connectivity index (χ1) is 12.6. The normalized spacial score (nSPS) is 11.0. The lowest BCUT2D eigenvalue weighted by Crippen LogP contribution is -2.13. The van der Waals surface area contributed by atoms with Crippen molar-refractivity contribution in [2.45, 2.75) is 0 Å². The molecular weight excluding hydrogens is 328 g/mol. The van der Waals surface area contributed by atoms with E-state index in [9.17, 15) is 15.2 Å². The van der Waals surface area contributed by atoms with E-state index in [2.05, 4.69) is 5.32 Å². The number of methoxy groups -OCH3 is 1. The number of aromatic hydroxyl groups is 1. The molecule has 0 atom stereocenters. The SMILES string of the molecule is COc1ccc(/C=C(\C#N)C(=O)Nc2ccc(O)cc2)c2ccccc12. The molecule has 0 fully saturated rings. The smallest absolute Gasteiger partial charge is 0.266 e. The summed E-state index contributed by atoms with van der Waals surface area (Å²) in [6, 6.07) is 19.2. The summed E-state index contributed by atoms with van der Waals surface area (Å²) < 4.78 is 5.36. The summed E-state index contributed by atoms with van der Waals surface area (Å²) in [6.45, 7) is 0. The number of phenols is 1. The number of nitrogens with one attached hydrogen (secondary N) is 1. The molecule has 0 aromatic heterocycles. The summed E-state index contributed by atoms with van der Waals surface area (Å²) >= 11 is 0. The van der Waals surface area contributed by atoms with Crippen LogP contribution >= 0.6 is 0 Å². The number of benzene rings is 3. The Labute approximate surface area is 150 Å². The average Bonchev–Trinajstić information content (AvgIpc) is 2.67. The number of carbonyl (C=O) groups is 1. The van der Waals surface area contributed by atoms with Gasteiger partial charge in [-0.25, -0.2) is 0 Å². The number of hydrogen-bond donors (Lipinski definition) is 2. The molecule has 0 spiro atoms. The summed E-state index contributed by atoms with van der Waals surface area (Å²) in [6.07, 6.45) is 1.55. The van der Waals surface area contributed by atoms with E-state index in [1.54, 1.807) is 31.4 Å². The van der Waals surface area contributed by atoms with Gasteiger partial charge in [-0.1, -0.05) is 30.3 Å². The molecule has 0 saturated heterocycles. The van der Waals surface area contributed by atoms with Gasteiger partial charge in [-0.2, -0.15) is 5.26 Å². The quantitative estimate of drug-likeness (QED) is 0.424. The number of ether oxygens (including phenoxy) is 1. The Balaban J connectivity index is 1.97. The molecule has 0 heterocycles. The van der Waals surface area contributed by atoms with Crippen LogP contribution in [0.3, 0.4) is 0 Å². The van der Waals surface area contributed by atoms with Crippen LogP contribution in [0, 0.1) is 11.3 Å². The minimum Gasteiger partial charge on any atom is -0.508 e. The van der Waals surface area contributed by atoms with Crippen LogP contribution in [0.2, 0.25) is 0 Å². The second-order valence-corrected chi connectivity index (χ2v) is 5.57. The van der Waals surface area contributed by atoms with E-state index in [1.165, 1.54) is 12.1 Å². The van der Waals surface area contributed by atoms with Gasteiger partial charge in [-0.05, 0) is 47.4 Å². The number of hydrogen-bond acceptors (Lipinski definition) is 4. The summed E-state index contributed by atoms with van der Waals surface area (Å²) in [4.78, 5) is 12.4. The molecule has 1 amide bonds. The number of anilines is 1. The molecule has 26 heavy (non-hydrogen) atoms. The second-order valence-electron chi connectivity index (χ2n) is 5.57. The Bertz CT molecular complexity index is 1030. The lowest BCUT2D eigenvalue weighted by molar-refractivity contribution is -0.112. The molecule has 0 aliphatic carbocycles. The molecule has 0 unspecified atom stereocenters. The van der Waals surface area contributed by atoms with Crippen molar-refractivity contribution in [1.29, 1.82) is 5.26 Å². The van der Waals surface area contributed by atoms with Gasteiger partial charge < -0.3 is 15.2 Å². The van der Waals surface area contributed by atoms with Crippen molar-refractivity contribution in [3.05, 3.63) is 71.8 Å². The first-order valence-corrected chi connectivity index (χ1v) is 7.90. The summed E-state index contributed by atoms with van der Waals surface area (Å²) in [5, 5.41) is 23.1. The highest BCUT2D eigenvalue weighted by Crippen LogP contribution is 2.29. The van der Waals surface area contributed by atoms with Crippen LogP contribution in [-0.4, -0.2) is 18.1 Å². The Morgan fingerprint density at radius 3 is 2.42 bits per heavy atom. The van der Waals surface area contributed by atoms with Crippen LogP contribution in [0.25, 0.3) is 16.8 Å². The minimum atomic E-state index is -0.516. The number of fused-ring (bicyclic) bond motifs is 1. The van der Waals surface area contributed by atoms with Crippen molar-refractivity contribution in [3.63, 3.8) is 0 Å². The molecule has 0 saturated carbocycles. The molecule has 5 heteroatoms. The molecule has 0 aliphatic heterocycles. The van der Waals surface area contributed by atoms with Gasteiger partial charge in [0, 0.05) is 11.1 Å². The predicted octanol–water partition coefficient (Wildman–Crippen LogP) is 4.10. The Kier molecular flexibility index (Phi) is 4.86. The molecule has 3 rings (SSSR count). The van der Waals surface area contributed by atoms with E-state index < -0.39 is 5.91 Å². The summed E-state index contributed by atoms with van der Waals surface area (Å²) in [5.74, 6) is 0.312. The van der Waals surface area contributed by atoms with E-state index in [1.807, 2.05) is 36.4 Å². The van der Waals surface area contributed by atoms with E-state index in [0.29, 0.717) is 5.69 Å². The predicted molar refractivity (Wildman–Crippen MR) is 101 cm³/mol. The van der Waals surface area contributed by atoms with Crippen molar-refractivity contribution in [3.8, 4) is 17.6 Å². The van der Waals surface area contributed by atoms with Gasteiger partial charge in [0.1, 0.15) is 23.1 Å². The number of amides is 1. The molecule has 3 aromatic rings. The van der Waals surface area contributed by atoms with Gasteiger partial charge >= 0.3 is 0 Å². The van der Waals surface area contributed by atoms with Crippen LogP contribution in [0.5, 0.6) is 11.5 Å². The Hall–Kier alpha value is -3.78. The fraction of sp³-hybridized carbons (Fsp3) is 0.0476. The molecule has 5 nitrogen and oxygen atoms in total. The zero-order valence-electron chi connectivity index (χ0n) is 14.1. The lowest BCUT2D eigenvalue weighted by Gasteiger charge is -2.09. The zero-order valence-corrected chi connectivity index (χ0v) is 14.1. The van der Waals surface area contributed by atoms with E-state index in [4.69, 9.17) is 4.74 Å². The van der Waals surface area contributed by atoms with Crippen LogP contribution in [-0.2, 0) is 4.79 Å². The molecule has 0 radical (unpaired) electrons. The van der Waals surface area contributed by atoms with Gasteiger partial charge in [-0.15, -0.1) is 0 Å². The topological polar surface area (TPSA) is 82.3 Å². The van der Waals surface area contributed by atoms with Crippen LogP contribution in [0.1, 0.15) is 5.56 Å². The zero-order chi connectivity index (χ0) is 18.5. The third-order valence-corrected chi connectivity index (χ3v) is 3.93. The minimum absolute atomic E-state index is 0.0200. The highest BCUT2D eigenvalue weighted by atomic mass is 16.5. The highest BCUT2D eigenvalue weighted by Gasteiger charge is 2.11. The number of nitriles is 1. The Morgan fingerprint density at radius 2 is 1.77 bits per heavy atom. The number of carbonyl (C=O) groups excluding carboxylic acids is 1. The third-order valence-electron chi connectivity index (χ3n) is 3.93. The standard InChI is InChI=1S/C21H16N2O3/c1-26-20-11-6-14(18-4-2-3-5-19(18)20)12-15(13-22)21(25)23-16-7-9-17(24)10-8-16/h2-12,24H,1H3,(H,23,25)/b15-12+. The molecular formula is C21H16N2O3. The largest absolute Gasteiger partial charge is 0.508 e. The van der Waals surface area contributed by atoms with Crippen molar-refractivity contribution < 1.29 is 14.6 Å². The second kappa shape index (κ2) is 7.41. The Morgan fingerprint density at radius 1 is 1.08 bits per heavy atom. The van der Waals surface area contributed by atoms with Gasteiger partial charge in [0.2, 0.25) is 0 Å². The molecule has 0 bridgehead atoms. The maximum absolute atomic E-state index is 12.4. The van der Waals surface area contributed by atoms with Gasteiger partial charge in [0.15, 0.2) is 0 Å². The summed E-state index contributed by atoms with van der Waals surface area (Å²) in [5.41, 5.74) is 1.22. The van der Waals surface area contributed by atoms with Gasteiger partial charge in [0.05, 0.1) is 7.11 Å². The number of rotatable bonds is 4. The maximum atomic E-state index is 12.4. The first kappa shape index (κ1) is 17.1. The molecule has 0 aliphatic rings. The fourth-order valence-electron chi connectivity index (χ4n) is 2.65. The maximum Gasteiger partial charge on any atom is 0.266 e. The first-order valence-electron chi connectivity index (χ1n) is 7.90. The highest BCUT2D eigenvalue weighted by molar-refractivity contribution is 6.11.